The van der Waals surface area contributed by atoms with Crippen molar-refractivity contribution in [1.29, 1.82) is 0 Å². The van der Waals surface area contributed by atoms with Gasteiger partial charge < -0.3 is 4.90 Å². The van der Waals surface area contributed by atoms with Crippen molar-refractivity contribution in [1.82, 2.24) is 0 Å². The molecule has 11 rings (SSSR count). The van der Waals surface area contributed by atoms with Crippen molar-refractivity contribution in [3.8, 4) is 33.4 Å². The molecular formula is C62H49N. The zero-order valence-corrected chi connectivity index (χ0v) is 36.0. The number of rotatable bonds is 7. The molecule has 1 heteroatoms. The van der Waals surface area contributed by atoms with Gasteiger partial charge >= 0.3 is 0 Å². The third-order valence-corrected chi connectivity index (χ3v) is 12.8. The van der Waals surface area contributed by atoms with E-state index in [0.717, 1.165) is 11.4 Å². The third kappa shape index (κ3) is 7.12. The summed E-state index contributed by atoms with van der Waals surface area (Å²) in [6.45, 7) is 6.57. The first kappa shape index (κ1) is 39.4. The van der Waals surface area contributed by atoms with E-state index >= 15 is 0 Å². The monoisotopic (exact) mass is 807 g/mol. The normalized spacial score (nSPS) is 12.2. The average Bonchev–Trinajstić information content (AvgIpc) is 3.63. The third-order valence-electron chi connectivity index (χ3n) is 12.8. The Balaban J connectivity index is 0.000000159. The van der Waals surface area contributed by atoms with Gasteiger partial charge in [0.2, 0.25) is 0 Å². The lowest BCUT2D eigenvalue weighted by atomic mass is 9.68. The summed E-state index contributed by atoms with van der Waals surface area (Å²) in [6.07, 6.45) is 0. The molecule has 0 saturated carbocycles. The van der Waals surface area contributed by atoms with Crippen LogP contribution in [0.25, 0.3) is 44.2 Å². The van der Waals surface area contributed by atoms with Crippen molar-refractivity contribution in [2.45, 2.75) is 26.2 Å². The van der Waals surface area contributed by atoms with Gasteiger partial charge in [-0.3, -0.25) is 0 Å². The van der Waals surface area contributed by atoms with Crippen LogP contribution < -0.4 is 4.90 Å². The van der Waals surface area contributed by atoms with Crippen LogP contribution >= 0.6 is 0 Å². The van der Waals surface area contributed by atoms with Crippen molar-refractivity contribution in [2.24, 2.45) is 0 Å². The Kier molecular flexibility index (Phi) is 10.6. The first-order chi connectivity index (χ1) is 31.0. The van der Waals surface area contributed by atoms with Gasteiger partial charge in [0.1, 0.15) is 0 Å². The number of para-hydroxylation sites is 2. The largest absolute Gasteiger partial charge is 0.309 e. The van der Waals surface area contributed by atoms with E-state index in [2.05, 4.69) is 268 Å². The summed E-state index contributed by atoms with van der Waals surface area (Å²) in [6, 6.07) is 87.6. The fourth-order valence-electron chi connectivity index (χ4n) is 9.87. The Morgan fingerprint density at radius 1 is 0.333 bits per heavy atom. The molecular weight excluding hydrogens is 759 g/mol. The van der Waals surface area contributed by atoms with Crippen LogP contribution in [0, 0.1) is 20.8 Å². The zero-order chi connectivity index (χ0) is 42.8. The van der Waals surface area contributed by atoms with E-state index in [1.807, 2.05) is 0 Å². The molecule has 0 unspecified atom stereocenters. The highest BCUT2D eigenvalue weighted by Gasteiger charge is 2.45. The van der Waals surface area contributed by atoms with Gasteiger partial charge in [-0.05, 0) is 112 Å². The molecule has 63 heavy (non-hydrogen) atoms. The molecule has 1 aliphatic rings. The molecule has 302 valence electrons. The number of anilines is 3. The molecule has 1 nitrogen and oxygen atoms in total. The predicted molar refractivity (Wildman–Crippen MR) is 267 cm³/mol. The Hall–Kier alpha value is -7.74. The van der Waals surface area contributed by atoms with Crippen LogP contribution in [0.15, 0.2) is 243 Å². The fraction of sp³-hybridized carbons (Fsp3) is 0.0645. The van der Waals surface area contributed by atoms with E-state index < -0.39 is 0 Å². The highest BCUT2D eigenvalue weighted by molar-refractivity contribution is 6.01. The number of hydrogen-bond donors (Lipinski definition) is 0. The molecule has 0 heterocycles. The summed E-state index contributed by atoms with van der Waals surface area (Å²) >= 11 is 0. The van der Waals surface area contributed by atoms with E-state index in [1.54, 1.807) is 0 Å². The van der Waals surface area contributed by atoms with Gasteiger partial charge in [0, 0.05) is 16.6 Å². The number of nitrogens with zero attached hydrogens (tertiary/aromatic N) is 1. The summed E-state index contributed by atoms with van der Waals surface area (Å²) in [5.41, 5.74) is 20.2. The minimum atomic E-state index is -0.262. The molecule has 0 bridgehead atoms. The lowest BCUT2D eigenvalue weighted by Gasteiger charge is -2.33. The maximum Gasteiger partial charge on any atom is 0.0713 e. The molecule has 0 radical (unpaired) electrons. The average molecular weight is 808 g/mol. The lowest BCUT2D eigenvalue weighted by molar-refractivity contribution is 0.768. The lowest BCUT2D eigenvalue weighted by Crippen LogP contribution is -2.28. The van der Waals surface area contributed by atoms with Crippen molar-refractivity contribution in [3.63, 3.8) is 0 Å². The van der Waals surface area contributed by atoms with Gasteiger partial charge in [-0.25, -0.2) is 0 Å². The summed E-state index contributed by atoms with van der Waals surface area (Å²) in [5, 5.41) is 2.46. The predicted octanol–water partition coefficient (Wildman–Crippen LogP) is 16.6. The molecule has 10 aromatic rings. The Labute approximate surface area is 372 Å². The van der Waals surface area contributed by atoms with Crippen LogP contribution in [-0.2, 0) is 5.41 Å². The van der Waals surface area contributed by atoms with Gasteiger partial charge in [0.25, 0.3) is 0 Å². The second kappa shape index (κ2) is 17.0. The van der Waals surface area contributed by atoms with E-state index in [1.165, 1.54) is 88.8 Å². The van der Waals surface area contributed by atoms with Crippen LogP contribution in [0.5, 0.6) is 0 Å². The quantitative estimate of drug-likeness (QED) is 0.155. The molecule has 0 spiro atoms. The standard InChI is InChI=1S/C36H29N.C26H20/c1-26-13-6-8-18-31(26)32-24-23-29(25-27(32)2)34-20-10-11-21-35(34)37(30-16-4-3-5-17-30)36-22-12-15-28-14-7-9-19-33(28)36;1-19-16-17-25-23(18-19)22-14-8-9-15-24(22)26(25,20-10-4-2-5-11-20)21-12-6-3-7-13-21/h3-25H,1-2H3;2-18H,1H3. The number of benzene rings is 10. The fourth-order valence-corrected chi connectivity index (χ4v) is 9.87. The van der Waals surface area contributed by atoms with Crippen molar-refractivity contribution in [3.05, 3.63) is 282 Å². The summed E-state index contributed by atoms with van der Waals surface area (Å²) < 4.78 is 0. The number of aryl methyl sites for hydroxylation is 3. The first-order valence-corrected chi connectivity index (χ1v) is 21.9. The van der Waals surface area contributed by atoms with Gasteiger partial charge in [-0.1, -0.05) is 224 Å². The number of hydrogen-bond acceptors (Lipinski definition) is 1. The van der Waals surface area contributed by atoms with Gasteiger partial charge in [0.05, 0.1) is 16.8 Å². The molecule has 0 atom stereocenters. The van der Waals surface area contributed by atoms with Crippen LogP contribution in [0.2, 0.25) is 0 Å². The SMILES string of the molecule is Cc1ccc2c(c1)-c1ccccc1C2(c1ccccc1)c1ccccc1.Cc1ccccc1-c1ccc(-c2ccccc2N(c2ccccc2)c2cccc3ccccc23)cc1C. The minimum Gasteiger partial charge on any atom is -0.309 e. The first-order valence-electron chi connectivity index (χ1n) is 21.9. The number of fused-ring (bicyclic) bond motifs is 4. The van der Waals surface area contributed by atoms with Crippen molar-refractivity contribution >= 4 is 27.8 Å². The minimum absolute atomic E-state index is 0.262. The van der Waals surface area contributed by atoms with Gasteiger partial charge in [-0.2, -0.15) is 0 Å². The summed E-state index contributed by atoms with van der Waals surface area (Å²) in [4.78, 5) is 2.39. The Bertz CT molecular complexity index is 3160. The molecule has 10 aromatic carbocycles. The zero-order valence-electron chi connectivity index (χ0n) is 36.0. The highest BCUT2D eigenvalue weighted by atomic mass is 15.1. The summed E-state index contributed by atoms with van der Waals surface area (Å²) in [5.74, 6) is 0. The maximum absolute atomic E-state index is 2.39. The van der Waals surface area contributed by atoms with E-state index in [0.29, 0.717) is 0 Å². The van der Waals surface area contributed by atoms with Crippen LogP contribution in [0.3, 0.4) is 0 Å². The second-order valence-electron chi connectivity index (χ2n) is 16.6. The molecule has 0 N–H and O–H groups in total. The molecule has 0 aliphatic heterocycles. The van der Waals surface area contributed by atoms with Crippen molar-refractivity contribution < 1.29 is 0 Å². The van der Waals surface area contributed by atoms with Crippen LogP contribution in [0.1, 0.15) is 38.9 Å². The smallest absolute Gasteiger partial charge is 0.0713 e. The summed E-state index contributed by atoms with van der Waals surface area (Å²) in [7, 11) is 0. The molecule has 0 fully saturated rings. The van der Waals surface area contributed by atoms with E-state index in [-0.39, 0.29) is 5.41 Å². The van der Waals surface area contributed by atoms with Crippen molar-refractivity contribution in [2.75, 3.05) is 4.90 Å². The maximum atomic E-state index is 2.39. The molecule has 1 aliphatic carbocycles. The van der Waals surface area contributed by atoms with Gasteiger partial charge in [0.15, 0.2) is 0 Å². The van der Waals surface area contributed by atoms with Crippen LogP contribution in [-0.4, -0.2) is 0 Å². The molecule has 0 saturated heterocycles. The second-order valence-corrected chi connectivity index (χ2v) is 16.6. The van der Waals surface area contributed by atoms with Gasteiger partial charge in [-0.15, -0.1) is 0 Å². The Morgan fingerprint density at radius 2 is 0.873 bits per heavy atom. The molecule has 0 aromatic heterocycles. The van der Waals surface area contributed by atoms with E-state index in [9.17, 15) is 0 Å². The van der Waals surface area contributed by atoms with Crippen LogP contribution in [0.4, 0.5) is 17.1 Å². The highest BCUT2D eigenvalue weighted by Crippen LogP contribution is 2.56. The molecule has 0 amide bonds. The topological polar surface area (TPSA) is 3.24 Å². The van der Waals surface area contributed by atoms with E-state index in [4.69, 9.17) is 0 Å². The Morgan fingerprint density at radius 3 is 1.59 bits per heavy atom.